The van der Waals surface area contributed by atoms with Gasteiger partial charge in [-0.3, -0.25) is 14.5 Å². The van der Waals surface area contributed by atoms with Crippen LogP contribution in [0.3, 0.4) is 0 Å². The Labute approximate surface area is 152 Å². The number of rotatable bonds is 6. The second-order valence-electron chi connectivity index (χ2n) is 6.89. The molecule has 0 bridgehead atoms. The fraction of sp³-hybridized carbons (Fsp3) is 0.667. The highest BCUT2D eigenvalue weighted by atomic mass is 32.1. The van der Waals surface area contributed by atoms with Crippen LogP contribution in [0.1, 0.15) is 31.2 Å². The molecule has 3 rings (SSSR count). The topological polar surface area (TPSA) is 70.7 Å². The van der Waals surface area contributed by atoms with Crippen LogP contribution in [0.15, 0.2) is 16.8 Å². The van der Waals surface area contributed by atoms with Crippen LogP contribution < -0.4 is 10.6 Å². The third-order valence-electron chi connectivity index (χ3n) is 5.31. The number of amides is 2. The van der Waals surface area contributed by atoms with Crippen LogP contribution >= 0.6 is 11.3 Å². The summed E-state index contributed by atoms with van der Waals surface area (Å²) in [5.41, 5.74) is 1.30. The van der Waals surface area contributed by atoms with Crippen molar-refractivity contribution in [3.63, 3.8) is 0 Å². The molecule has 0 aromatic carbocycles. The van der Waals surface area contributed by atoms with E-state index in [4.69, 9.17) is 4.74 Å². The number of carbonyl (C=O) groups excluding carboxylic acids is 2. The summed E-state index contributed by atoms with van der Waals surface area (Å²) in [5, 5.41) is 9.83. The van der Waals surface area contributed by atoms with Gasteiger partial charge in [-0.05, 0) is 35.2 Å². The van der Waals surface area contributed by atoms with Crippen LogP contribution in [0.5, 0.6) is 0 Å². The van der Waals surface area contributed by atoms with Gasteiger partial charge in [0.1, 0.15) is 0 Å². The summed E-state index contributed by atoms with van der Waals surface area (Å²) in [4.78, 5) is 26.4. The van der Waals surface area contributed by atoms with Crippen LogP contribution in [0.4, 0.5) is 0 Å². The first-order chi connectivity index (χ1) is 12.2. The Morgan fingerprint density at radius 1 is 1.16 bits per heavy atom. The molecule has 2 amide bonds. The molecule has 2 aliphatic rings. The minimum Gasteiger partial charge on any atom is -0.379 e. The van der Waals surface area contributed by atoms with Gasteiger partial charge in [0, 0.05) is 38.1 Å². The number of thiophene rings is 1. The molecule has 2 heterocycles. The molecule has 1 aromatic heterocycles. The summed E-state index contributed by atoms with van der Waals surface area (Å²) in [7, 11) is 0. The monoisotopic (exact) mass is 365 g/mol. The Kier molecular flexibility index (Phi) is 6.45. The Morgan fingerprint density at radius 2 is 1.88 bits per heavy atom. The zero-order chi connectivity index (χ0) is 17.5. The van der Waals surface area contributed by atoms with Crippen molar-refractivity contribution in [2.45, 2.75) is 31.1 Å². The third-order valence-corrected chi connectivity index (χ3v) is 5.99. The molecule has 0 spiro atoms. The van der Waals surface area contributed by atoms with Gasteiger partial charge in [0.2, 0.25) is 0 Å². The Hall–Kier alpha value is -1.44. The van der Waals surface area contributed by atoms with Crippen LogP contribution in [-0.4, -0.2) is 62.7 Å². The van der Waals surface area contributed by atoms with E-state index in [1.54, 1.807) is 11.3 Å². The predicted octanol–water partition coefficient (Wildman–Crippen LogP) is 1.12. The highest BCUT2D eigenvalue weighted by Gasteiger charge is 2.36. The summed E-state index contributed by atoms with van der Waals surface area (Å²) < 4.78 is 5.29. The highest BCUT2D eigenvalue weighted by Crippen LogP contribution is 2.41. The first kappa shape index (κ1) is 18.4. The van der Waals surface area contributed by atoms with Gasteiger partial charge in [0.15, 0.2) is 0 Å². The molecule has 1 aliphatic carbocycles. The summed E-state index contributed by atoms with van der Waals surface area (Å²) in [6.07, 6.45) is 4.50. The van der Waals surface area contributed by atoms with Gasteiger partial charge in [0.05, 0.1) is 13.2 Å². The molecule has 7 heteroatoms. The average molecular weight is 365 g/mol. The van der Waals surface area contributed by atoms with Crippen molar-refractivity contribution in [1.82, 2.24) is 15.5 Å². The van der Waals surface area contributed by atoms with Crippen molar-refractivity contribution < 1.29 is 14.3 Å². The van der Waals surface area contributed by atoms with Gasteiger partial charge in [-0.2, -0.15) is 11.3 Å². The Morgan fingerprint density at radius 3 is 2.56 bits per heavy atom. The largest absolute Gasteiger partial charge is 0.379 e. The summed E-state index contributed by atoms with van der Waals surface area (Å²) in [6.45, 7) is 5.01. The molecule has 0 radical (unpaired) electrons. The molecule has 138 valence electrons. The molecule has 2 N–H and O–H groups in total. The van der Waals surface area contributed by atoms with E-state index in [1.165, 1.54) is 18.4 Å². The normalized spacial score (nSPS) is 20.3. The minimum absolute atomic E-state index is 0.00371. The van der Waals surface area contributed by atoms with Crippen molar-refractivity contribution in [3.8, 4) is 0 Å². The van der Waals surface area contributed by atoms with Crippen LogP contribution in [0.2, 0.25) is 0 Å². The van der Waals surface area contributed by atoms with Gasteiger partial charge in [0.25, 0.3) is 0 Å². The van der Waals surface area contributed by atoms with E-state index in [0.29, 0.717) is 13.1 Å². The van der Waals surface area contributed by atoms with Crippen LogP contribution in [0, 0.1) is 0 Å². The molecule has 2 fully saturated rings. The SMILES string of the molecule is O=C(NCCN1CCOCC1)C(=O)NCC1(c2ccsc2)CCCC1. The highest BCUT2D eigenvalue weighted by molar-refractivity contribution is 7.08. The van der Waals surface area contributed by atoms with Gasteiger partial charge >= 0.3 is 11.8 Å². The lowest BCUT2D eigenvalue weighted by Crippen LogP contribution is -2.47. The summed E-state index contributed by atoms with van der Waals surface area (Å²) in [5.74, 6) is -1.06. The number of carbonyl (C=O) groups is 2. The zero-order valence-electron chi connectivity index (χ0n) is 14.6. The number of morpholine rings is 1. The van der Waals surface area contributed by atoms with Gasteiger partial charge in [-0.1, -0.05) is 12.8 Å². The molecular formula is C18H27N3O3S. The average Bonchev–Trinajstić information content (AvgIpc) is 3.33. The fourth-order valence-corrected chi connectivity index (χ4v) is 4.53. The zero-order valence-corrected chi connectivity index (χ0v) is 15.4. The van der Waals surface area contributed by atoms with Crippen molar-refractivity contribution in [3.05, 3.63) is 22.4 Å². The second kappa shape index (κ2) is 8.78. The van der Waals surface area contributed by atoms with E-state index in [-0.39, 0.29) is 5.41 Å². The van der Waals surface area contributed by atoms with Crippen LogP contribution in [0.25, 0.3) is 0 Å². The molecular weight excluding hydrogens is 338 g/mol. The van der Waals surface area contributed by atoms with E-state index in [1.807, 2.05) is 0 Å². The third kappa shape index (κ3) is 4.80. The molecule has 1 saturated carbocycles. The lowest BCUT2D eigenvalue weighted by atomic mass is 9.80. The minimum atomic E-state index is -0.535. The second-order valence-corrected chi connectivity index (χ2v) is 7.67. The molecule has 1 aliphatic heterocycles. The maximum absolute atomic E-state index is 12.1. The van der Waals surface area contributed by atoms with E-state index in [9.17, 15) is 9.59 Å². The number of hydrogen-bond acceptors (Lipinski definition) is 5. The number of hydrogen-bond donors (Lipinski definition) is 2. The standard InChI is InChI=1S/C18H27N3O3S/c22-16(19-6-7-21-8-10-24-11-9-21)17(23)20-14-18(4-1-2-5-18)15-3-12-25-13-15/h3,12-13H,1-2,4-11,14H2,(H,19,22)(H,20,23). The van der Waals surface area contributed by atoms with E-state index >= 15 is 0 Å². The molecule has 6 nitrogen and oxygen atoms in total. The lowest BCUT2D eigenvalue weighted by molar-refractivity contribution is -0.139. The van der Waals surface area contributed by atoms with Gasteiger partial charge < -0.3 is 15.4 Å². The van der Waals surface area contributed by atoms with Crippen molar-refractivity contribution in [1.29, 1.82) is 0 Å². The van der Waals surface area contributed by atoms with Gasteiger partial charge in [-0.15, -0.1) is 0 Å². The summed E-state index contributed by atoms with van der Waals surface area (Å²) in [6, 6.07) is 2.14. The van der Waals surface area contributed by atoms with Crippen molar-refractivity contribution >= 4 is 23.2 Å². The summed E-state index contributed by atoms with van der Waals surface area (Å²) >= 11 is 1.68. The fourth-order valence-electron chi connectivity index (χ4n) is 3.75. The van der Waals surface area contributed by atoms with Crippen LogP contribution in [-0.2, 0) is 19.7 Å². The first-order valence-electron chi connectivity index (χ1n) is 9.08. The first-order valence-corrected chi connectivity index (χ1v) is 10.0. The van der Waals surface area contributed by atoms with Crippen molar-refractivity contribution in [2.75, 3.05) is 45.9 Å². The Balaban J connectivity index is 1.42. The number of nitrogens with one attached hydrogen (secondary N) is 2. The molecule has 25 heavy (non-hydrogen) atoms. The van der Waals surface area contributed by atoms with E-state index < -0.39 is 11.8 Å². The smallest absolute Gasteiger partial charge is 0.309 e. The molecule has 0 atom stereocenters. The number of nitrogens with zero attached hydrogens (tertiary/aromatic N) is 1. The molecule has 0 unspecified atom stereocenters. The maximum atomic E-state index is 12.1. The van der Waals surface area contributed by atoms with E-state index in [0.717, 1.165) is 45.7 Å². The number of ether oxygens (including phenoxy) is 1. The quantitative estimate of drug-likeness (QED) is 0.742. The predicted molar refractivity (Wildman–Crippen MR) is 97.7 cm³/mol. The van der Waals surface area contributed by atoms with Crippen molar-refractivity contribution in [2.24, 2.45) is 0 Å². The lowest BCUT2D eigenvalue weighted by Gasteiger charge is -2.28. The molecule has 1 aromatic rings. The molecule has 1 saturated heterocycles. The maximum Gasteiger partial charge on any atom is 0.309 e. The van der Waals surface area contributed by atoms with Gasteiger partial charge in [-0.25, -0.2) is 0 Å². The Bertz CT molecular complexity index is 564. The van der Waals surface area contributed by atoms with E-state index in [2.05, 4.69) is 32.4 Å².